The Morgan fingerprint density at radius 1 is 1.08 bits per heavy atom. The second kappa shape index (κ2) is 5.40. The number of hydrogen-bond acceptors (Lipinski definition) is 5. The number of aryl methyl sites for hydroxylation is 3. The normalized spacial score (nSPS) is 14.0. The molecule has 3 heterocycles. The molecule has 2 aromatic heterocycles. The zero-order chi connectivity index (χ0) is 16.8. The minimum Gasteiger partial charge on any atom is -0.359 e. The van der Waals surface area contributed by atoms with Crippen molar-refractivity contribution < 1.29 is 9.32 Å². The molecule has 6 heteroatoms. The second-order valence-electron chi connectivity index (χ2n) is 6.24. The molecule has 0 aliphatic carbocycles. The summed E-state index contributed by atoms with van der Waals surface area (Å²) in [6.07, 6.45) is 0.780. The summed E-state index contributed by atoms with van der Waals surface area (Å²) in [5, 5.41) is 3.99. The Bertz CT molecular complexity index is 961. The molecule has 6 nitrogen and oxygen atoms in total. The molecule has 0 saturated carbocycles. The summed E-state index contributed by atoms with van der Waals surface area (Å²) < 4.78 is 5.34. The lowest BCUT2D eigenvalue weighted by Gasteiger charge is -2.25. The first-order valence-electron chi connectivity index (χ1n) is 8.01. The lowest BCUT2D eigenvalue weighted by Crippen LogP contribution is -2.35. The van der Waals surface area contributed by atoms with Crippen molar-refractivity contribution in [2.45, 2.75) is 33.7 Å². The van der Waals surface area contributed by atoms with Crippen LogP contribution in [0.5, 0.6) is 0 Å². The van der Waals surface area contributed by atoms with Crippen LogP contribution in [-0.2, 0) is 13.0 Å². The molecule has 122 valence electrons. The summed E-state index contributed by atoms with van der Waals surface area (Å²) in [6.45, 7) is 6.93. The molecule has 0 fully saturated rings. The fourth-order valence-electron chi connectivity index (χ4n) is 3.10. The molecule has 1 aromatic carbocycles. The molecule has 1 aliphatic heterocycles. The van der Waals surface area contributed by atoms with E-state index in [9.17, 15) is 4.79 Å². The lowest BCUT2D eigenvalue weighted by atomic mass is 10.0. The zero-order valence-corrected chi connectivity index (χ0v) is 14.0. The maximum Gasteiger partial charge on any atom is 0.254 e. The standard InChI is InChI=1S/C18H18N4O2/c1-10-11(2)20-16-8-13(4-5-15(16)19-10)18(23)22-7-6-14-12(3)21-24-17(14)9-22/h4-5,8H,6-7,9H2,1-3H3. The third kappa shape index (κ3) is 2.35. The third-order valence-corrected chi connectivity index (χ3v) is 4.64. The Morgan fingerprint density at radius 3 is 2.62 bits per heavy atom. The minimum atomic E-state index is -0.0170. The average Bonchev–Trinajstić information content (AvgIpc) is 2.95. The Kier molecular flexibility index (Phi) is 3.33. The maximum absolute atomic E-state index is 12.8. The average molecular weight is 322 g/mol. The molecule has 24 heavy (non-hydrogen) atoms. The van der Waals surface area contributed by atoms with Crippen molar-refractivity contribution in [2.24, 2.45) is 0 Å². The highest BCUT2D eigenvalue weighted by Crippen LogP contribution is 2.24. The van der Waals surface area contributed by atoms with Gasteiger partial charge in [0.2, 0.25) is 0 Å². The van der Waals surface area contributed by atoms with E-state index < -0.39 is 0 Å². The largest absolute Gasteiger partial charge is 0.359 e. The number of amides is 1. The van der Waals surface area contributed by atoms with Crippen LogP contribution in [0.2, 0.25) is 0 Å². The topological polar surface area (TPSA) is 72.1 Å². The molecule has 0 atom stereocenters. The van der Waals surface area contributed by atoms with Crippen LogP contribution in [0, 0.1) is 20.8 Å². The van der Waals surface area contributed by atoms with Crippen LogP contribution in [0.1, 0.15) is 38.8 Å². The monoisotopic (exact) mass is 322 g/mol. The SMILES string of the molecule is Cc1nc2ccc(C(=O)N3CCc4c(C)noc4C3)cc2nc1C. The van der Waals surface area contributed by atoms with Crippen molar-refractivity contribution in [3.05, 3.63) is 52.2 Å². The van der Waals surface area contributed by atoms with Gasteiger partial charge in [-0.1, -0.05) is 5.16 Å². The summed E-state index contributed by atoms with van der Waals surface area (Å²) >= 11 is 0. The van der Waals surface area contributed by atoms with Crippen LogP contribution >= 0.6 is 0 Å². The van der Waals surface area contributed by atoms with Crippen LogP contribution in [0.3, 0.4) is 0 Å². The molecule has 1 amide bonds. The fraction of sp³-hybridized carbons (Fsp3) is 0.333. The fourth-order valence-corrected chi connectivity index (χ4v) is 3.10. The van der Waals surface area contributed by atoms with Gasteiger partial charge in [0.1, 0.15) is 0 Å². The number of rotatable bonds is 1. The summed E-state index contributed by atoms with van der Waals surface area (Å²) in [6, 6.07) is 5.49. The van der Waals surface area contributed by atoms with Crippen molar-refractivity contribution >= 4 is 16.9 Å². The van der Waals surface area contributed by atoms with Crippen molar-refractivity contribution in [1.82, 2.24) is 20.0 Å². The third-order valence-electron chi connectivity index (χ3n) is 4.64. The highest BCUT2D eigenvalue weighted by molar-refractivity contribution is 5.97. The van der Waals surface area contributed by atoms with Crippen LogP contribution in [0.15, 0.2) is 22.7 Å². The number of nitrogens with zero attached hydrogens (tertiary/aromatic N) is 4. The van der Waals surface area contributed by atoms with Crippen LogP contribution in [0.4, 0.5) is 0 Å². The smallest absolute Gasteiger partial charge is 0.254 e. The van der Waals surface area contributed by atoms with Crippen molar-refractivity contribution in [3.63, 3.8) is 0 Å². The highest BCUT2D eigenvalue weighted by Gasteiger charge is 2.26. The van der Waals surface area contributed by atoms with E-state index in [2.05, 4.69) is 15.1 Å². The molecule has 0 bridgehead atoms. The highest BCUT2D eigenvalue weighted by atomic mass is 16.5. The van der Waals surface area contributed by atoms with Crippen LogP contribution in [0.25, 0.3) is 11.0 Å². The molecular formula is C18H18N4O2. The Labute approximate surface area is 139 Å². The molecule has 0 saturated heterocycles. The molecular weight excluding hydrogens is 304 g/mol. The molecule has 3 aromatic rings. The number of benzene rings is 1. The first-order valence-corrected chi connectivity index (χ1v) is 8.01. The number of hydrogen-bond donors (Lipinski definition) is 0. The molecule has 0 spiro atoms. The maximum atomic E-state index is 12.8. The molecule has 0 N–H and O–H groups in total. The number of carbonyl (C=O) groups excluding carboxylic acids is 1. The Balaban J connectivity index is 1.65. The first-order chi connectivity index (χ1) is 11.5. The van der Waals surface area contributed by atoms with Gasteiger partial charge < -0.3 is 9.42 Å². The summed E-state index contributed by atoms with van der Waals surface area (Å²) in [5.74, 6) is 0.774. The van der Waals surface area contributed by atoms with E-state index >= 15 is 0 Å². The second-order valence-corrected chi connectivity index (χ2v) is 6.24. The number of aromatic nitrogens is 3. The quantitative estimate of drug-likeness (QED) is 0.689. The number of fused-ring (bicyclic) bond motifs is 2. The zero-order valence-electron chi connectivity index (χ0n) is 14.0. The van der Waals surface area contributed by atoms with Gasteiger partial charge in [0.25, 0.3) is 5.91 Å². The Morgan fingerprint density at radius 2 is 1.83 bits per heavy atom. The van der Waals surface area contributed by atoms with Gasteiger partial charge in [-0.05, 0) is 45.4 Å². The molecule has 0 unspecified atom stereocenters. The summed E-state index contributed by atoms with van der Waals surface area (Å²) in [5.41, 5.74) is 6.02. The van der Waals surface area contributed by atoms with Crippen molar-refractivity contribution in [1.29, 1.82) is 0 Å². The van der Waals surface area contributed by atoms with Crippen LogP contribution < -0.4 is 0 Å². The van der Waals surface area contributed by atoms with Crippen LogP contribution in [-0.4, -0.2) is 32.5 Å². The van der Waals surface area contributed by atoms with E-state index in [0.29, 0.717) is 18.7 Å². The van der Waals surface area contributed by atoms with Crippen molar-refractivity contribution in [2.75, 3.05) is 6.54 Å². The lowest BCUT2D eigenvalue weighted by molar-refractivity contribution is 0.0716. The summed E-state index contributed by atoms with van der Waals surface area (Å²) in [7, 11) is 0. The van der Waals surface area contributed by atoms with E-state index in [-0.39, 0.29) is 5.91 Å². The predicted molar refractivity (Wildman–Crippen MR) is 88.7 cm³/mol. The first kappa shape index (κ1) is 14.8. The van der Waals surface area contributed by atoms with E-state index in [1.54, 1.807) is 4.90 Å². The van der Waals surface area contributed by atoms with Crippen molar-refractivity contribution in [3.8, 4) is 0 Å². The van der Waals surface area contributed by atoms with E-state index in [0.717, 1.165) is 45.9 Å². The van der Waals surface area contributed by atoms with Gasteiger partial charge in [-0.3, -0.25) is 4.79 Å². The minimum absolute atomic E-state index is 0.0170. The summed E-state index contributed by atoms with van der Waals surface area (Å²) in [4.78, 5) is 23.7. The van der Waals surface area contributed by atoms with Gasteiger partial charge in [-0.2, -0.15) is 0 Å². The van der Waals surface area contributed by atoms with Gasteiger partial charge in [-0.25, -0.2) is 9.97 Å². The Hall–Kier alpha value is -2.76. The van der Waals surface area contributed by atoms with Gasteiger partial charge in [0, 0.05) is 17.7 Å². The van der Waals surface area contributed by atoms with E-state index in [1.807, 2.05) is 39.0 Å². The number of carbonyl (C=O) groups is 1. The van der Waals surface area contributed by atoms with Gasteiger partial charge >= 0.3 is 0 Å². The molecule has 0 radical (unpaired) electrons. The van der Waals surface area contributed by atoms with E-state index in [4.69, 9.17) is 4.52 Å². The predicted octanol–water partition coefficient (Wildman–Crippen LogP) is 2.74. The van der Waals surface area contributed by atoms with Gasteiger partial charge in [-0.15, -0.1) is 0 Å². The van der Waals surface area contributed by atoms with Gasteiger partial charge in [0.05, 0.1) is 34.7 Å². The molecule has 4 rings (SSSR count). The van der Waals surface area contributed by atoms with Gasteiger partial charge in [0.15, 0.2) is 5.76 Å². The van der Waals surface area contributed by atoms with E-state index in [1.165, 1.54) is 0 Å². The molecule has 1 aliphatic rings.